The smallest absolute Gasteiger partial charge is 0.258 e. The molecule has 2 N–H and O–H groups in total. The van der Waals surface area contributed by atoms with Crippen LogP contribution in [0.15, 0.2) is 40.9 Å². The average molecular weight is 308 g/mol. The summed E-state index contributed by atoms with van der Waals surface area (Å²) in [5.41, 5.74) is 10.3. The fourth-order valence-corrected chi connectivity index (χ4v) is 3.34. The first kappa shape index (κ1) is 14.3. The van der Waals surface area contributed by atoms with E-state index in [0.29, 0.717) is 11.5 Å². The van der Waals surface area contributed by atoms with Crippen LogP contribution in [0.3, 0.4) is 0 Å². The van der Waals surface area contributed by atoms with Crippen molar-refractivity contribution in [2.24, 2.45) is 5.73 Å². The van der Waals surface area contributed by atoms with Crippen LogP contribution < -0.4 is 10.5 Å². The van der Waals surface area contributed by atoms with E-state index in [1.165, 1.54) is 12.0 Å². The van der Waals surface area contributed by atoms with E-state index < -0.39 is 0 Å². The molecule has 4 rings (SSSR count). The molecule has 0 atom stereocenters. The number of nitrogens with zero attached hydrogens (tertiary/aromatic N) is 1. The van der Waals surface area contributed by atoms with E-state index in [1.54, 1.807) is 13.3 Å². The summed E-state index contributed by atoms with van der Waals surface area (Å²) >= 11 is 0. The molecule has 118 valence electrons. The summed E-state index contributed by atoms with van der Waals surface area (Å²) in [5.74, 6) is 1.38. The molecule has 1 saturated carbocycles. The molecular weight excluding hydrogens is 288 g/mol. The fraction of sp³-hybridized carbons (Fsp3) is 0.316. The quantitative estimate of drug-likeness (QED) is 0.789. The van der Waals surface area contributed by atoms with Gasteiger partial charge in [-0.25, -0.2) is 4.98 Å². The van der Waals surface area contributed by atoms with Crippen molar-refractivity contribution in [1.82, 2.24) is 4.98 Å². The Morgan fingerprint density at radius 3 is 2.52 bits per heavy atom. The Morgan fingerprint density at radius 2 is 1.91 bits per heavy atom. The largest absolute Gasteiger partial charge is 0.478 e. The second kappa shape index (κ2) is 5.10. The Morgan fingerprint density at radius 1 is 1.17 bits per heavy atom. The number of hydrogen-bond acceptors (Lipinski definition) is 4. The van der Waals surface area contributed by atoms with Crippen LogP contribution >= 0.6 is 0 Å². The molecule has 0 amide bonds. The molecule has 1 aromatic carbocycles. The van der Waals surface area contributed by atoms with Crippen LogP contribution in [0.5, 0.6) is 5.88 Å². The maximum Gasteiger partial charge on any atom is 0.258 e. The summed E-state index contributed by atoms with van der Waals surface area (Å²) < 4.78 is 11.4. The van der Waals surface area contributed by atoms with Crippen LogP contribution in [0, 0.1) is 6.92 Å². The summed E-state index contributed by atoms with van der Waals surface area (Å²) in [6.45, 7) is 2.06. The summed E-state index contributed by atoms with van der Waals surface area (Å²) in [6.07, 6.45) is 5.09. The first-order chi connectivity index (χ1) is 11.1. The van der Waals surface area contributed by atoms with Crippen molar-refractivity contribution in [3.8, 4) is 17.2 Å². The minimum atomic E-state index is -0.130. The van der Waals surface area contributed by atoms with Gasteiger partial charge in [-0.15, -0.1) is 0 Å². The SMILES string of the molecule is COc1nccc2c(C)c(-c3ccc(C4(N)CCC4)cc3)oc12. The Bertz CT molecular complexity index is 861. The zero-order chi connectivity index (χ0) is 16.0. The molecule has 2 aromatic heterocycles. The molecule has 0 aliphatic heterocycles. The van der Waals surface area contributed by atoms with Crippen molar-refractivity contribution in [2.75, 3.05) is 7.11 Å². The normalized spacial score (nSPS) is 16.3. The highest BCUT2D eigenvalue weighted by atomic mass is 16.5. The number of nitrogens with two attached hydrogens (primary N) is 1. The Balaban J connectivity index is 1.78. The molecule has 0 saturated heterocycles. The van der Waals surface area contributed by atoms with Gasteiger partial charge in [0.05, 0.1) is 7.11 Å². The predicted molar refractivity (Wildman–Crippen MR) is 90.5 cm³/mol. The van der Waals surface area contributed by atoms with E-state index in [9.17, 15) is 0 Å². The fourth-order valence-electron chi connectivity index (χ4n) is 3.34. The van der Waals surface area contributed by atoms with Gasteiger partial charge in [-0.2, -0.15) is 0 Å². The van der Waals surface area contributed by atoms with Gasteiger partial charge in [0.25, 0.3) is 5.88 Å². The molecule has 23 heavy (non-hydrogen) atoms. The third-order valence-corrected chi connectivity index (χ3v) is 4.98. The number of hydrogen-bond donors (Lipinski definition) is 1. The van der Waals surface area contributed by atoms with Gasteiger partial charge in [-0.1, -0.05) is 24.3 Å². The van der Waals surface area contributed by atoms with E-state index in [0.717, 1.165) is 35.1 Å². The summed E-state index contributed by atoms with van der Waals surface area (Å²) in [4.78, 5) is 4.21. The molecule has 2 heterocycles. The van der Waals surface area contributed by atoms with E-state index in [-0.39, 0.29) is 5.54 Å². The van der Waals surface area contributed by atoms with Crippen molar-refractivity contribution >= 4 is 11.0 Å². The molecule has 1 aliphatic rings. The number of ether oxygens (including phenoxy) is 1. The van der Waals surface area contributed by atoms with Gasteiger partial charge < -0.3 is 14.9 Å². The van der Waals surface area contributed by atoms with Gasteiger partial charge in [0.15, 0.2) is 5.58 Å². The molecule has 0 radical (unpaired) electrons. The Hall–Kier alpha value is -2.33. The minimum absolute atomic E-state index is 0.130. The Labute approximate surface area is 135 Å². The lowest BCUT2D eigenvalue weighted by atomic mass is 9.72. The number of rotatable bonds is 3. The van der Waals surface area contributed by atoms with Gasteiger partial charge in [0.2, 0.25) is 0 Å². The van der Waals surface area contributed by atoms with Crippen LogP contribution in [-0.2, 0) is 5.54 Å². The second-order valence-corrected chi connectivity index (χ2v) is 6.34. The van der Waals surface area contributed by atoms with Gasteiger partial charge in [-0.05, 0) is 37.8 Å². The van der Waals surface area contributed by atoms with E-state index in [4.69, 9.17) is 14.9 Å². The number of fused-ring (bicyclic) bond motifs is 1. The molecule has 0 bridgehead atoms. The summed E-state index contributed by atoms with van der Waals surface area (Å²) in [6, 6.07) is 10.4. The molecule has 4 nitrogen and oxygen atoms in total. The van der Waals surface area contributed by atoms with E-state index >= 15 is 0 Å². The van der Waals surface area contributed by atoms with Crippen molar-refractivity contribution in [3.63, 3.8) is 0 Å². The number of benzene rings is 1. The molecule has 4 heteroatoms. The van der Waals surface area contributed by atoms with Crippen molar-refractivity contribution in [1.29, 1.82) is 0 Å². The van der Waals surface area contributed by atoms with E-state index in [2.05, 4.69) is 36.2 Å². The number of methoxy groups -OCH3 is 1. The van der Waals surface area contributed by atoms with Gasteiger partial charge >= 0.3 is 0 Å². The molecular formula is C19H20N2O2. The maximum atomic E-state index is 6.39. The number of furan rings is 1. The number of aromatic nitrogens is 1. The monoisotopic (exact) mass is 308 g/mol. The van der Waals surface area contributed by atoms with Crippen molar-refractivity contribution < 1.29 is 9.15 Å². The zero-order valence-electron chi connectivity index (χ0n) is 13.4. The summed E-state index contributed by atoms with van der Waals surface area (Å²) in [5, 5.41) is 1.03. The van der Waals surface area contributed by atoms with Crippen LogP contribution in [0.4, 0.5) is 0 Å². The number of aryl methyl sites for hydroxylation is 1. The molecule has 3 aromatic rings. The van der Waals surface area contributed by atoms with Crippen LogP contribution in [0.2, 0.25) is 0 Å². The number of pyridine rings is 1. The lowest BCUT2D eigenvalue weighted by molar-refractivity contribution is 0.253. The zero-order valence-corrected chi connectivity index (χ0v) is 13.4. The van der Waals surface area contributed by atoms with Gasteiger partial charge in [0.1, 0.15) is 5.76 Å². The first-order valence-corrected chi connectivity index (χ1v) is 7.94. The summed E-state index contributed by atoms with van der Waals surface area (Å²) in [7, 11) is 1.60. The topological polar surface area (TPSA) is 61.3 Å². The van der Waals surface area contributed by atoms with Crippen LogP contribution in [0.1, 0.15) is 30.4 Å². The Kier molecular flexibility index (Phi) is 3.16. The van der Waals surface area contributed by atoms with E-state index in [1.807, 2.05) is 6.07 Å². The van der Waals surface area contributed by atoms with Gasteiger partial charge in [0, 0.05) is 28.2 Å². The van der Waals surface area contributed by atoms with Crippen molar-refractivity contribution in [2.45, 2.75) is 31.7 Å². The van der Waals surface area contributed by atoms with Gasteiger partial charge in [-0.3, -0.25) is 0 Å². The predicted octanol–water partition coefficient (Wildman–Crippen LogP) is 4.15. The molecule has 0 spiro atoms. The third-order valence-electron chi connectivity index (χ3n) is 4.98. The molecule has 1 aliphatic carbocycles. The lowest BCUT2D eigenvalue weighted by Crippen LogP contribution is -2.43. The van der Waals surface area contributed by atoms with Crippen molar-refractivity contribution in [3.05, 3.63) is 47.7 Å². The standard InChI is InChI=1S/C19H20N2O2/c1-12-15-8-11-21-18(22-2)17(15)23-16(12)13-4-6-14(7-5-13)19(20)9-3-10-19/h4-8,11H,3,9-10,20H2,1-2H3. The molecule has 1 fully saturated rings. The highest BCUT2D eigenvalue weighted by molar-refractivity contribution is 5.90. The maximum absolute atomic E-state index is 6.39. The highest BCUT2D eigenvalue weighted by Gasteiger charge is 2.34. The van der Waals surface area contributed by atoms with Crippen LogP contribution in [0.25, 0.3) is 22.3 Å². The average Bonchev–Trinajstić information content (AvgIpc) is 2.90. The lowest BCUT2D eigenvalue weighted by Gasteiger charge is -2.38. The first-order valence-electron chi connectivity index (χ1n) is 7.94. The second-order valence-electron chi connectivity index (χ2n) is 6.34. The van der Waals surface area contributed by atoms with Crippen LogP contribution in [-0.4, -0.2) is 12.1 Å². The highest BCUT2D eigenvalue weighted by Crippen LogP contribution is 2.40. The third kappa shape index (κ3) is 2.13. The minimum Gasteiger partial charge on any atom is -0.478 e. The molecule has 0 unspecified atom stereocenters.